The molecule has 2 atom stereocenters. The second kappa shape index (κ2) is 4.80. The Hall–Kier alpha value is -0.120. The van der Waals surface area contributed by atoms with Gasteiger partial charge in [-0.25, -0.2) is 0 Å². The first-order valence-electron chi connectivity index (χ1n) is 4.61. The first kappa shape index (κ1) is 9.96. The second-order valence-corrected chi connectivity index (χ2v) is 3.68. The summed E-state index contributed by atoms with van der Waals surface area (Å²) >= 11 is 0. The topological polar surface area (TPSA) is 38.7 Å². The van der Waals surface area contributed by atoms with E-state index in [1.54, 1.807) is 0 Å². The van der Waals surface area contributed by atoms with Crippen molar-refractivity contribution in [2.45, 2.75) is 39.1 Å². The molecule has 0 radical (unpaired) electrons. The van der Waals surface area contributed by atoms with E-state index in [9.17, 15) is 5.11 Å². The normalized spacial score (nSPS) is 31.0. The fourth-order valence-electron chi connectivity index (χ4n) is 1.19. The van der Waals surface area contributed by atoms with E-state index in [-0.39, 0.29) is 6.29 Å². The minimum Gasteiger partial charge on any atom is -0.388 e. The largest absolute Gasteiger partial charge is 0.388 e. The number of rotatable bonds is 3. The summed E-state index contributed by atoms with van der Waals surface area (Å²) in [6, 6.07) is 0. The highest BCUT2D eigenvalue weighted by Crippen LogP contribution is 2.15. The fraction of sp³-hybridized carbons (Fsp3) is 1.00. The van der Waals surface area contributed by atoms with Crippen molar-refractivity contribution in [3.63, 3.8) is 0 Å². The van der Waals surface area contributed by atoms with Crippen LogP contribution >= 0.6 is 0 Å². The van der Waals surface area contributed by atoms with E-state index >= 15 is 0 Å². The van der Waals surface area contributed by atoms with Crippen molar-refractivity contribution < 1.29 is 14.6 Å². The smallest absolute Gasteiger partial charge is 0.183 e. The van der Waals surface area contributed by atoms with E-state index in [2.05, 4.69) is 13.8 Å². The van der Waals surface area contributed by atoms with Crippen molar-refractivity contribution in [1.29, 1.82) is 0 Å². The summed E-state index contributed by atoms with van der Waals surface area (Å²) in [6.45, 7) is 5.52. The van der Waals surface area contributed by atoms with Crippen molar-refractivity contribution in [2.24, 2.45) is 5.92 Å². The SMILES string of the molecule is CC(C)COC1OCCCC1O. The molecule has 0 aromatic rings. The van der Waals surface area contributed by atoms with E-state index in [0.717, 1.165) is 12.8 Å². The molecule has 0 aromatic carbocycles. The molecule has 1 fully saturated rings. The lowest BCUT2D eigenvalue weighted by atomic mass is 10.1. The van der Waals surface area contributed by atoms with E-state index < -0.39 is 6.10 Å². The maximum absolute atomic E-state index is 9.43. The minimum absolute atomic E-state index is 0.388. The van der Waals surface area contributed by atoms with E-state index in [4.69, 9.17) is 9.47 Å². The molecule has 1 heterocycles. The van der Waals surface area contributed by atoms with Crippen LogP contribution in [-0.4, -0.2) is 30.7 Å². The van der Waals surface area contributed by atoms with Gasteiger partial charge in [-0.1, -0.05) is 13.8 Å². The summed E-state index contributed by atoms with van der Waals surface area (Å²) in [5.41, 5.74) is 0. The number of ether oxygens (including phenoxy) is 2. The van der Waals surface area contributed by atoms with Crippen LogP contribution in [0.4, 0.5) is 0 Å². The van der Waals surface area contributed by atoms with Crippen molar-refractivity contribution in [2.75, 3.05) is 13.2 Å². The highest BCUT2D eigenvalue weighted by molar-refractivity contribution is 4.65. The van der Waals surface area contributed by atoms with Crippen molar-refractivity contribution >= 4 is 0 Å². The predicted octanol–water partition coefficient (Wildman–Crippen LogP) is 1.16. The monoisotopic (exact) mass is 174 g/mol. The summed E-state index contributed by atoms with van der Waals surface area (Å²) in [5, 5.41) is 9.43. The predicted molar refractivity (Wildman–Crippen MR) is 45.8 cm³/mol. The maximum atomic E-state index is 9.43. The van der Waals surface area contributed by atoms with Crippen LogP contribution in [0.2, 0.25) is 0 Å². The van der Waals surface area contributed by atoms with Gasteiger partial charge in [0.1, 0.15) is 6.10 Å². The average Bonchev–Trinajstić information content (AvgIpc) is 2.03. The van der Waals surface area contributed by atoms with Gasteiger partial charge < -0.3 is 14.6 Å². The fourth-order valence-corrected chi connectivity index (χ4v) is 1.19. The first-order chi connectivity index (χ1) is 5.70. The second-order valence-electron chi connectivity index (χ2n) is 3.68. The van der Waals surface area contributed by atoms with Gasteiger partial charge in [-0.3, -0.25) is 0 Å². The van der Waals surface area contributed by atoms with E-state index in [0.29, 0.717) is 19.1 Å². The molecule has 12 heavy (non-hydrogen) atoms. The van der Waals surface area contributed by atoms with Gasteiger partial charge in [0, 0.05) is 6.61 Å². The lowest BCUT2D eigenvalue weighted by Gasteiger charge is -2.28. The molecular weight excluding hydrogens is 156 g/mol. The molecule has 3 nitrogen and oxygen atoms in total. The Balaban J connectivity index is 2.20. The van der Waals surface area contributed by atoms with Crippen LogP contribution in [0, 0.1) is 5.92 Å². The Morgan fingerprint density at radius 1 is 1.58 bits per heavy atom. The molecule has 72 valence electrons. The summed E-state index contributed by atoms with van der Waals surface area (Å²) in [6.07, 6.45) is 0.907. The number of aliphatic hydroxyl groups excluding tert-OH is 1. The molecule has 1 saturated heterocycles. The Labute approximate surface area is 73.7 Å². The molecule has 0 spiro atoms. The molecule has 0 saturated carbocycles. The number of aliphatic hydroxyl groups is 1. The molecule has 0 bridgehead atoms. The van der Waals surface area contributed by atoms with Crippen molar-refractivity contribution in [3.8, 4) is 0 Å². The van der Waals surface area contributed by atoms with Gasteiger partial charge in [0.25, 0.3) is 0 Å². The van der Waals surface area contributed by atoms with Crippen LogP contribution < -0.4 is 0 Å². The zero-order valence-corrected chi connectivity index (χ0v) is 7.82. The summed E-state index contributed by atoms with van der Waals surface area (Å²) in [5.74, 6) is 0.489. The van der Waals surface area contributed by atoms with E-state index in [1.165, 1.54) is 0 Å². The standard InChI is InChI=1S/C9H18O3/c1-7(2)6-12-9-8(10)4-3-5-11-9/h7-10H,3-6H2,1-2H3. The van der Waals surface area contributed by atoms with Crippen LogP contribution in [-0.2, 0) is 9.47 Å². The maximum Gasteiger partial charge on any atom is 0.183 e. The van der Waals surface area contributed by atoms with Crippen molar-refractivity contribution in [3.05, 3.63) is 0 Å². The lowest BCUT2D eigenvalue weighted by molar-refractivity contribution is -0.217. The van der Waals surface area contributed by atoms with Gasteiger partial charge >= 0.3 is 0 Å². The molecule has 3 heteroatoms. The highest BCUT2D eigenvalue weighted by atomic mass is 16.7. The molecule has 0 aliphatic carbocycles. The van der Waals surface area contributed by atoms with Crippen LogP contribution in [0.3, 0.4) is 0 Å². The number of hydrogen-bond donors (Lipinski definition) is 1. The third-order valence-electron chi connectivity index (χ3n) is 1.83. The van der Waals surface area contributed by atoms with Gasteiger partial charge in [0.05, 0.1) is 6.61 Å². The Kier molecular flexibility index (Phi) is 3.98. The summed E-state index contributed by atoms with van der Waals surface area (Å²) < 4.78 is 10.7. The first-order valence-corrected chi connectivity index (χ1v) is 4.61. The van der Waals surface area contributed by atoms with Crippen LogP contribution in [0.5, 0.6) is 0 Å². The minimum atomic E-state index is -0.433. The van der Waals surface area contributed by atoms with Crippen molar-refractivity contribution in [1.82, 2.24) is 0 Å². The van der Waals surface area contributed by atoms with Gasteiger partial charge in [-0.2, -0.15) is 0 Å². The van der Waals surface area contributed by atoms with E-state index in [1.807, 2.05) is 0 Å². The molecule has 2 unspecified atom stereocenters. The average molecular weight is 174 g/mol. The Morgan fingerprint density at radius 3 is 2.92 bits per heavy atom. The summed E-state index contributed by atoms with van der Waals surface area (Å²) in [4.78, 5) is 0. The Bertz CT molecular complexity index is 125. The summed E-state index contributed by atoms with van der Waals surface area (Å²) in [7, 11) is 0. The molecule has 1 rings (SSSR count). The van der Waals surface area contributed by atoms with Gasteiger partial charge in [-0.15, -0.1) is 0 Å². The zero-order chi connectivity index (χ0) is 8.97. The molecule has 0 amide bonds. The van der Waals surface area contributed by atoms with Gasteiger partial charge in [0.2, 0.25) is 0 Å². The molecular formula is C9H18O3. The van der Waals surface area contributed by atoms with Gasteiger partial charge in [0.15, 0.2) is 6.29 Å². The zero-order valence-electron chi connectivity index (χ0n) is 7.82. The van der Waals surface area contributed by atoms with Crippen LogP contribution in [0.15, 0.2) is 0 Å². The third-order valence-corrected chi connectivity index (χ3v) is 1.83. The van der Waals surface area contributed by atoms with Crippen LogP contribution in [0.25, 0.3) is 0 Å². The quantitative estimate of drug-likeness (QED) is 0.697. The Morgan fingerprint density at radius 2 is 2.33 bits per heavy atom. The third kappa shape index (κ3) is 3.09. The number of hydrogen-bond acceptors (Lipinski definition) is 3. The van der Waals surface area contributed by atoms with Gasteiger partial charge in [-0.05, 0) is 18.8 Å². The molecule has 1 N–H and O–H groups in total. The van der Waals surface area contributed by atoms with Crippen LogP contribution in [0.1, 0.15) is 26.7 Å². The molecule has 1 aliphatic rings. The highest BCUT2D eigenvalue weighted by Gasteiger charge is 2.24. The molecule has 0 aromatic heterocycles. The molecule has 1 aliphatic heterocycles. The lowest BCUT2D eigenvalue weighted by Crippen LogP contribution is -2.36.